The van der Waals surface area contributed by atoms with Crippen molar-refractivity contribution in [1.82, 2.24) is 15.3 Å². The lowest BCUT2D eigenvalue weighted by atomic mass is 9.87. The van der Waals surface area contributed by atoms with Crippen LogP contribution in [0.4, 0.5) is 5.95 Å². The topological polar surface area (TPSA) is 58.1 Å². The number of nitrogens with one attached hydrogen (secondary N) is 1. The van der Waals surface area contributed by atoms with E-state index in [1.165, 1.54) is 24.0 Å². The van der Waals surface area contributed by atoms with Gasteiger partial charge in [-0.3, -0.25) is 4.79 Å². The molecule has 1 aliphatic heterocycles. The monoisotopic (exact) mass is 398 g/mol. The van der Waals surface area contributed by atoms with Crippen LogP contribution < -0.4 is 10.2 Å². The van der Waals surface area contributed by atoms with Gasteiger partial charge < -0.3 is 10.2 Å². The molecule has 0 bridgehead atoms. The van der Waals surface area contributed by atoms with Gasteiger partial charge in [0.1, 0.15) is 0 Å². The minimum Gasteiger partial charge on any atom is -0.345 e. The van der Waals surface area contributed by atoms with E-state index in [0.717, 1.165) is 49.4 Å². The standard InChI is InChI=1S/C25H26N4O/c30-24(28-23-9-5-7-19-6-1-2-8-22(19)23)20-12-10-18(11-13-20)21-16-26-25(27-17-21)29-14-3-4-15-29/h1-2,6,8,10-13,16-17,23H,3-5,7,9,14-15H2,(H,28,30)/t23-/m1/s1. The molecule has 2 aliphatic rings. The van der Waals surface area contributed by atoms with E-state index in [0.29, 0.717) is 5.56 Å². The van der Waals surface area contributed by atoms with Crippen molar-refractivity contribution in [2.24, 2.45) is 0 Å². The predicted molar refractivity (Wildman–Crippen MR) is 119 cm³/mol. The predicted octanol–water partition coefficient (Wildman–Crippen LogP) is 4.55. The molecule has 1 N–H and O–H groups in total. The van der Waals surface area contributed by atoms with Crippen molar-refractivity contribution < 1.29 is 4.79 Å². The number of amides is 1. The zero-order valence-corrected chi connectivity index (χ0v) is 17.1. The molecule has 30 heavy (non-hydrogen) atoms. The molecule has 2 heterocycles. The van der Waals surface area contributed by atoms with E-state index in [1.807, 2.05) is 36.7 Å². The third kappa shape index (κ3) is 3.80. The van der Waals surface area contributed by atoms with Crippen molar-refractivity contribution in [3.8, 4) is 11.1 Å². The highest BCUT2D eigenvalue weighted by atomic mass is 16.1. The number of hydrogen-bond donors (Lipinski definition) is 1. The highest BCUT2D eigenvalue weighted by Crippen LogP contribution is 2.30. The van der Waals surface area contributed by atoms with E-state index < -0.39 is 0 Å². The number of aryl methyl sites for hydroxylation is 1. The first-order valence-corrected chi connectivity index (χ1v) is 10.8. The third-order valence-corrected chi connectivity index (χ3v) is 6.18. The Kier molecular flexibility index (Phi) is 5.18. The number of anilines is 1. The SMILES string of the molecule is O=C(N[C@@H]1CCCc2ccccc21)c1ccc(-c2cnc(N3CCCC3)nc2)cc1. The number of aromatic nitrogens is 2. The fourth-order valence-corrected chi connectivity index (χ4v) is 4.51. The zero-order chi connectivity index (χ0) is 20.3. The molecule has 5 heteroatoms. The Morgan fingerprint density at radius 2 is 1.63 bits per heavy atom. The average molecular weight is 399 g/mol. The molecule has 0 spiro atoms. The minimum atomic E-state index is -0.0242. The Balaban J connectivity index is 1.27. The Morgan fingerprint density at radius 1 is 0.900 bits per heavy atom. The molecule has 0 radical (unpaired) electrons. The second kappa shape index (κ2) is 8.27. The normalized spacial score (nSPS) is 18.1. The van der Waals surface area contributed by atoms with Crippen molar-refractivity contribution in [3.63, 3.8) is 0 Å². The lowest BCUT2D eigenvalue weighted by Gasteiger charge is -2.26. The summed E-state index contributed by atoms with van der Waals surface area (Å²) in [6, 6.07) is 16.2. The van der Waals surface area contributed by atoms with Crippen LogP contribution >= 0.6 is 0 Å². The lowest BCUT2D eigenvalue weighted by Crippen LogP contribution is -2.30. The van der Waals surface area contributed by atoms with Crippen LogP contribution in [0.1, 0.15) is 53.2 Å². The molecular weight excluding hydrogens is 372 g/mol. The van der Waals surface area contributed by atoms with E-state index in [-0.39, 0.29) is 11.9 Å². The van der Waals surface area contributed by atoms with E-state index in [4.69, 9.17) is 0 Å². The zero-order valence-electron chi connectivity index (χ0n) is 17.1. The van der Waals surface area contributed by atoms with Crippen LogP contribution in [0.3, 0.4) is 0 Å². The number of fused-ring (bicyclic) bond motifs is 1. The number of hydrogen-bond acceptors (Lipinski definition) is 4. The maximum absolute atomic E-state index is 12.8. The second-order valence-electron chi connectivity index (χ2n) is 8.16. The summed E-state index contributed by atoms with van der Waals surface area (Å²) in [6.07, 6.45) is 9.34. The summed E-state index contributed by atoms with van der Waals surface area (Å²) in [4.78, 5) is 24.1. The summed E-state index contributed by atoms with van der Waals surface area (Å²) in [7, 11) is 0. The lowest BCUT2D eigenvalue weighted by molar-refractivity contribution is 0.0933. The van der Waals surface area contributed by atoms with Crippen molar-refractivity contribution >= 4 is 11.9 Å². The highest BCUT2D eigenvalue weighted by molar-refractivity contribution is 5.95. The van der Waals surface area contributed by atoms with Gasteiger partial charge in [-0.2, -0.15) is 0 Å². The van der Waals surface area contributed by atoms with Crippen LogP contribution in [-0.4, -0.2) is 29.0 Å². The Labute approximate surface area is 177 Å². The van der Waals surface area contributed by atoms with Crippen molar-refractivity contribution in [3.05, 3.63) is 77.6 Å². The van der Waals surface area contributed by atoms with Crippen LogP contribution in [0.2, 0.25) is 0 Å². The fraction of sp³-hybridized carbons (Fsp3) is 0.320. The van der Waals surface area contributed by atoms with Gasteiger partial charge in [0.2, 0.25) is 5.95 Å². The molecule has 5 rings (SSSR count). The molecule has 152 valence electrons. The van der Waals surface area contributed by atoms with Gasteiger partial charge in [-0.1, -0.05) is 36.4 Å². The van der Waals surface area contributed by atoms with Crippen molar-refractivity contribution in [2.45, 2.75) is 38.1 Å². The Morgan fingerprint density at radius 3 is 2.40 bits per heavy atom. The Hall–Kier alpha value is -3.21. The van der Waals surface area contributed by atoms with Gasteiger partial charge in [-0.05, 0) is 60.9 Å². The van der Waals surface area contributed by atoms with Crippen LogP contribution in [-0.2, 0) is 6.42 Å². The molecule has 1 aromatic heterocycles. The summed E-state index contributed by atoms with van der Waals surface area (Å²) in [5.41, 5.74) is 5.26. The second-order valence-corrected chi connectivity index (χ2v) is 8.16. The van der Waals surface area contributed by atoms with Crippen molar-refractivity contribution in [2.75, 3.05) is 18.0 Å². The molecular formula is C25H26N4O. The summed E-state index contributed by atoms with van der Waals surface area (Å²) in [6.45, 7) is 2.07. The molecule has 0 saturated carbocycles. The molecule has 2 aromatic carbocycles. The first-order valence-electron chi connectivity index (χ1n) is 10.8. The number of nitrogens with zero attached hydrogens (tertiary/aromatic N) is 3. The maximum atomic E-state index is 12.8. The molecule has 1 amide bonds. The average Bonchev–Trinajstić information content (AvgIpc) is 3.35. The quantitative estimate of drug-likeness (QED) is 0.700. The van der Waals surface area contributed by atoms with Crippen LogP contribution in [0.5, 0.6) is 0 Å². The summed E-state index contributed by atoms with van der Waals surface area (Å²) in [5, 5.41) is 3.22. The van der Waals surface area contributed by atoms with E-state index in [1.54, 1.807) is 0 Å². The van der Waals surface area contributed by atoms with Crippen LogP contribution in [0, 0.1) is 0 Å². The van der Waals surface area contributed by atoms with Crippen molar-refractivity contribution in [1.29, 1.82) is 0 Å². The summed E-state index contributed by atoms with van der Waals surface area (Å²) in [5.74, 6) is 0.781. The molecule has 5 nitrogen and oxygen atoms in total. The van der Waals surface area contributed by atoms with Gasteiger partial charge in [0.25, 0.3) is 5.91 Å². The summed E-state index contributed by atoms with van der Waals surface area (Å²) >= 11 is 0. The minimum absolute atomic E-state index is 0.0242. The largest absolute Gasteiger partial charge is 0.345 e. The number of benzene rings is 2. The first kappa shape index (κ1) is 18.8. The van der Waals surface area contributed by atoms with Gasteiger partial charge in [0.15, 0.2) is 0 Å². The fourth-order valence-electron chi connectivity index (χ4n) is 4.51. The number of carbonyl (C=O) groups is 1. The van der Waals surface area contributed by atoms with Gasteiger partial charge in [-0.25, -0.2) is 9.97 Å². The summed E-state index contributed by atoms with van der Waals surface area (Å²) < 4.78 is 0. The molecule has 1 saturated heterocycles. The molecule has 1 atom stereocenters. The Bertz CT molecular complexity index is 1020. The van der Waals surface area contributed by atoms with Gasteiger partial charge in [0.05, 0.1) is 6.04 Å². The van der Waals surface area contributed by atoms with Gasteiger partial charge >= 0.3 is 0 Å². The third-order valence-electron chi connectivity index (χ3n) is 6.18. The molecule has 0 unspecified atom stereocenters. The molecule has 1 fully saturated rings. The van der Waals surface area contributed by atoms with E-state index in [2.05, 4.69) is 44.5 Å². The molecule has 1 aliphatic carbocycles. The highest BCUT2D eigenvalue weighted by Gasteiger charge is 2.22. The van der Waals surface area contributed by atoms with E-state index in [9.17, 15) is 4.79 Å². The van der Waals surface area contributed by atoms with Crippen LogP contribution in [0.15, 0.2) is 60.9 Å². The molecule has 3 aromatic rings. The van der Waals surface area contributed by atoms with Gasteiger partial charge in [0, 0.05) is 36.6 Å². The number of carbonyl (C=O) groups excluding carboxylic acids is 1. The van der Waals surface area contributed by atoms with Crippen LogP contribution in [0.25, 0.3) is 11.1 Å². The van der Waals surface area contributed by atoms with E-state index >= 15 is 0 Å². The maximum Gasteiger partial charge on any atom is 0.251 e. The smallest absolute Gasteiger partial charge is 0.251 e. The van der Waals surface area contributed by atoms with Gasteiger partial charge in [-0.15, -0.1) is 0 Å². The number of rotatable bonds is 4. The first-order chi connectivity index (χ1) is 14.8.